The van der Waals surface area contributed by atoms with Gasteiger partial charge < -0.3 is 9.47 Å². The number of allylic oxidation sites excluding steroid dienone is 2. The van der Waals surface area contributed by atoms with Crippen molar-refractivity contribution in [3.63, 3.8) is 0 Å². The average molecular weight is 264 g/mol. The first-order chi connectivity index (χ1) is 9.10. The van der Waals surface area contributed by atoms with Gasteiger partial charge in [0, 0.05) is 11.1 Å². The fourth-order valence-electron chi connectivity index (χ4n) is 1.90. The number of carbonyl (C=O) groups excluding carboxylic acids is 2. The number of benzene rings is 1. The summed E-state index contributed by atoms with van der Waals surface area (Å²) >= 11 is 0. The van der Waals surface area contributed by atoms with E-state index in [4.69, 9.17) is 9.47 Å². The predicted octanol–water partition coefficient (Wildman–Crippen LogP) is 2.49. The van der Waals surface area contributed by atoms with Crippen LogP contribution in [0.1, 0.15) is 34.6 Å². The molecular weight excluding hydrogens is 251 g/mol. The summed E-state index contributed by atoms with van der Waals surface area (Å²) in [6, 6.07) is 3.46. The molecule has 0 radical (unpaired) electrons. The fraction of sp³-hybridized carbons (Fsp3) is 0.286. The van der Waals surface area contributed by atoms with E-state index in [1.54, 1.807) is 13.8 Å². The van der Waals surface area contributed by atoms with Crippen LogP contribution in [0.2, 0.25) is 0 Å². The van der Waals surface area contributed by atoms with Gasteiger partial charge in [0.25, 0.3) is 0 Å². The molecule has 0 saturated carbocycles. The van der Waals surface area contributed by atoms with Crippen LogP contribution in [-0.2, 0) is 9.47 Å². The van der Waals surface area contributed by atoms with Crippen molar-refractivity contribution in [3.8, 4) is 0 Å². The Hall–Kier alpha value is -2.17. The minimum absolute atomic E-state index is 0.0110. The molecule has 1 aliphatic rings. The van der Waals surface area contributed by atoms with E-state index in [-0.39, 0.29) is 35.9 Å². The van der Waals surface area contributed by atoms with Crippen molar-refractivity contribution in [3.05, 3.63) is 46.7 Å². The van der Waals surface area contributed by atoms with E-state index in [2.05, 4.69) is 0 Å². The zero-order valence-electron chi connectivity index (χ0n) is 10.7. The van der Waals surface area contributed by atoms with Gasteiger partial charge in [0.1, 0.15) is 5.82 Å². The lowest BCUT2D eigenvalue weighted by Crippen LogP contribution is -2.25. The molecule has 0 bridgehead atoms. The van der Waals surface area contributed by atoms with Gasteiger partial charge in [0.2, 0.25) is 23.1 Å². The largest absolute Gasteiger partial charge is 0.486 e. The molecule has 0 amide bonds. The molecule has 2 rings (SSSR count). The SMILES string of the molecule is CCOC1=C(OCC)C(=O)c2cc(F)ccc2C1=O. The number of hydrogen-bond acceptors (Lipinski definition) is 4. The summed E-state index contributed by atoms with van der Waals surface area (Å²) in [5.41, 5.74) is 0.148. The van der Waals surface area contributed by atoms with Crippen molar-refractivity contribution in [1.29, 1.82) is 0 Å². The molecule has 0 aliphatic heterocycles. The molecule has 0 unspecified atom stereocenters. The van der Waals surface area contributed by atoms with Crippen molar-refractivity contribution in [2.45, 2.75) is 13.8 Å². The zero-order chi connectivity index (χ0) is 14.0. The van der Waals surface area contributed by atoms with Gasteiger partial charge in [-0.25, -0.2) is 4.39 Å². The van der Waals surface area contributed by atoms with E-state index >= 15 is 0 Å². The van der Waals surface area contributed by atoms with Gasteiger partial charge in [-0.05, 0) is 32.0 Å². The standard InChI is InChI=1S/C14H13FO4/c1-3-18-13-11(16)9-6-5-8(15)7-10(9)12(17)14(13)19-4-2/h5-7H,3-4H2,1-2H3. The smallest absolute Gasteiger partial charge is 0.232 e. The fourth-order valence-corrected chi connectivity index (χ4v) is 1.90. The van der Waals surface area contributed by atoms with E-state index in [1.165, 1.54) is 6.07 Å². The monoisotopic (exact) mass is 264 g/mol. The van der Waals surface area contributed by atoms with Crippen LogP contribution in [0.3, 0.4) is 0 Å². The van der Waals surface area contributed by atoms with E-state index in [1.807, 2.05) is 0 Å². The van der Waals surface area contributed by atoms with Gasteiger partial charge in [0.05, 0.1) is 13.2 Å². The summed E-state index contributed by atoms with van der Waals surface area (Å²) in [6.45, 7) is 3.85. The summed E-state index contributed by atoms with van der Waals surface area (Å²) in [5, 5.41) is 0. The number of halogens is 1. The van der Waals surface area contributed by atoms with Crippen LogP contribution in [0, 0.1) is 5.82 Å². The summed E-state index contributed by atoms with van der Waals surface area (Å²) in [5.74, 6) is -1.81. The molecule has 0 saturated heterocycles. The third-order valence-electron chi connectivity index (χ3n) is 2.67. The lowest BCUT2D eigenvalue weighted by atomic mass is 9.92. The van der Waals surface area contributed by atoms with Crippen LogP contribution in [0.5, 0.6) is 0 Å². The molecule has 4 nitrogen and oxygen atoms in total. The molecule has 0 spiro atoms. The number of carbonyl (C=O) groups is 2. The molecular formula is C14H13FO4. The Labute approximate surface area is 109 Å². The second kappa shape index (κ2) is 5.22. The Balaban J connectivity index is 2.58. The molecule has 0 atom stereocenters. The van der Waals surface area contributed by atoms with Gasteiger partial charge >= 0.3 is 0 Å². The van der Waals surface area contributed by atoms with Crippen molar-refractivity contribution in [2.75, 3.05) is 13.2 Å². The molecule has 0 fully saturated rings. The summed E-state index contributed by atoms with van der Waals surface area (Å²) in [6.07, 6.45) is 0. The number of rotatable bonds is 4. The Bertz CT molecular complexity index is 575. The first-order valence-electron chi connectivity index (χ1n) is 5.99. The molecule has 1 aromatic carbocycles. The first kappa shape index (κ1) is 13.3. The number of ether oxygens (including phenoxy) is 2. The molecule has 0 aromatic heterocycles. The number of Topliss-reactive ketones (excluding diaryl/α,β-unsaturated/α-hetero) is 2. The van der Waals surface area contributed by atoms with Crippen molar-refractivity contribution in [2.24, 2.45) is 0 Å². The van der Waals surface area contributed by atoms with Crippen LogP contribution < -0.4 is 0 Å². The van der Waals surface area contributed by atoms with Crippen molar-refractivity contribution >= 4 is 11.6 Å². The van der Waals surface area contributed by atoms with Crippen LogP contribution in [0.15, 0.2) is 29.7 Å². The van der Waals surface area contributed by atoms with Crippen LogP contribution in [0.4, 0.5) is 4.39 Å². The minimum atomic E-state index is -0.574. The van der Waals surface area contributed by atoms with Gasteiger partial charge in [-0.15, -0.1) is 0 Å². The molecule has 0 N–H and O–H groups in total. The van der Waals surface area contributed by atoms with Crippen LogP contribution in [-0.4, -0.2) is 24.8 Å². The van der Waals surface area contributed by atoms with Crippen LogP contribution in [0.25, 0.3) is 0 Å². The maximum atomic E-state index is 13.2. The number of hydrogen-bond donors (Lipinski definition) is 0. The Morgan fingerprint density at radius 1 is 0.947 bits per heavy atom. The second-order valence-corrected chi connectivity index (χ2v) is 3.87. The molecule has 1 aromatic rings. The summed E-state index contributed by atoms with van der Waals surface area (Å²) in [7, 11) is 0. The Morgan fingerprint density at radius 3 is 2.00 bits per heavy atom. The summed E-state index contributed by atoms with van der Waals surface area (Å²) in [4.78, 5) is 24.4. The van der Waals surface area contributed by atoms with Gasteiger partial charge in [0.15, 0.2) is 0 Å². The highest BCUT2D eigenvalue weighted by atomic mass is 19.1. The van der Waals surface area contributed by atoms with E-state index in [9.17, 15) is 14.0 Å². The summed E-state index contributed by atoms with van der Waals surface area (Å²) < 4.78 is 23.6. The number of ketones is 2. The quantitative estimate of drug-likeness (QED) is 0.838. The van der Waals surface area contributed by atoms with Gasteiger partial charge in [-0.3, -0.25) is 9.59 Å². The number of fused-ring (bicyclic) bond motifs is 1. The highest BCUT2D eigenvalue weighted by Gasteiger charge is 2.35. The zero-order valence-corrected chi connectivity index (χ0v) is 10.7. The van der Waals surface area contributed by atoms with Crippen molar-refractivity contribution < 1.29 is 23.5 Å². The maximum Gasteiger partial charge on any atom is 0.232 e. The lowest BCUT2D eigenvalue weighted by molar-refractivity contribution is 0.0771. The highest BCUT2D eigenvalue weighted by Crippen LogP contribution is 2.28. The minimum Gasteiger partial charge on any atom is -0.486 e. The van der Waals surface area contributed by atoms with E-state index < -0.39 is 17.4 Å². The van der Waals surface area contributed by atoms with Crippen LogP contribution >= 0.6 is 0 Å². The maximum absolute atomic E-state index is 13.2. The molecule has 5 heteroatoms. The lowest BCUT2D eigenvalue weighted by Gasteiger charge is -2.20. The third kappa shape index (κ3) is 2.23. The molecule has 100 valence electrons. The normalized spacial score (nSPS) is 14.5. The van der Waals surface area contributed by atoms with Gasteiger partial charge in [-0.1, -0.05) is 0 Å². The third-order valence-corrected chi connectivity index (χ3v) is 2.67. The average Bonchev–Trinajstić information content (AvgIpc) is 2.40. The van der Waals surface area contributed by atoms with E-state index in [0.29, 0.717) is 0 Å². The first-order valence-corrected chi connectivity index (χ1v) is 5.99. The van der Waals surface area contributed by atoms with Crippen molar-refractivity contribution in [1.82, 2.24) is 0 Å². The molecule has 0 heterocycles. The topological polar surface area (TPSA) is 52.6 Å². The molecule has 1 aliphatic carbocycles. The highest BCUT2D eigenvalue weighted by molar-refractivity contribution is 6.25. The predicted molar refractivity (Wildman–Crippen MR) is 65.3 cm³/mol. The second-order valence-electron chi connectivity index (χ2n) is 3.87. The van der Waals surface area contributed by atoms with E-state index in [0.717, 1.165) is 12.1 Å². The van der Waals surface area contributed by atoms with Gasteiger partial charge in [-0.2, -0.15) is 0 Å². The Morgan fingerprint density at radius 2 is 1.47 bits per heavy atom. The molecule has 19 heavy (non-hydrogen) atoms. The Kier molecular flexibility index (Phi) is 3.64.